The van der Waals surface area contributed by atoms with Gasteiger partial charge in [0.15, 0.2) is 0 Å². The van der Waals surface area contributed by atoms with E-state index in [-0.39, 0.29) is 42.8 Å². The molecule has 158 valence electrons. The number of pyridine rings is 1. The number of nitrogens with zero attached hydrogens (tertiary/aromatic N) is 1. The summed E-state index contributed by atoms with van der Waals surface area (Å²) in [5.41, 5.74) is 17.8. The van der Waals surface area contributed by atoms with Crippen LogP contribution < -0.4 is 11.5 Å². The minimum absolute atomic E-state index is 0. The minimum atomic E-state index is -0.162. The van der Waals surface area contributed by atoms with E-state index in [1.54, 1.807) is 6.20 Å². The van der Waals surface area contributed by atoms with Gasteiger partial charge in [0.2, 0.25) is 5.71 Å². The number of aromatic nitrogens is 1. The number of rotatable bonds is 3. The van der Waals surface area contributed by atoms with Crippen LogP contribution in [0.5, 0.6) is 0 Å². The lowest BCUT2D eigenvalue weighted by molar-refractivity contribution is 0.253. The molecule has 2 heterocycles. The highest BCUT2D eigenvalue weighted by Crippen LogP contribution is 2.42. The molecule has 0 unspecified atom stereocenters. The zero-order valence-electron chi connectivity index (χ0n) is 16.2. The molecule has 0 amide bonds. The third-order valence-corrected chi connectivity index (χ3v) is 5.60. The maximum absolute atomic E-state index is 6.46. The number of anilines is 1. The van der Waals surface area contributed by atoms with Gasteiger partial charge in [0.1, 0.15) is 5.76 Å². The molecule has 4 N–H and O–H groups in total. The van der Waals surface area contributed by atoms with Gasteiger partial charge in [-0.05, 0) is 36.5 Å². The van der Waals surface area contributed by atoms with Crippen LogP contribution in [0, 0.1) is 0 Å². The van der Waals surface area contributed by atoms with Crippen molar-refractivity contribution >= 4 is 54.0 Å². The van der Waals surface area contributed by atoms with Gasteiger partial charge in [-0.15, -0.1) is 37.2 Å². The number of nitrogen functional groups attached to an aromatic ring is 1. The van der Waals surface area contributed by atoms with Gasteiger partial charge in [0.25, 0.3) is 0 Å². The number of halogens is 3. The zero-order chi connectivity index (χ0) is 18.4. The molecule has 1 aliphatic carbocycles. The lowest BCUT2D eigenvalue weighted by Gasteiger charge is -2.38. The quantitative estimate of drug-likeness (QED) is 0.370. The average Bonchev–Trinajstić information content (AvgIpc) is 3.05. The van der Waals surface area contributed by atoms with Gasteiger partial charge in [0, 0.05) is 16.7 Å². The van der Waals surface area contributed by atoms with Gasteiger partial charge < -0.3 is 15.9 Å². The fourth-order valence-electron chi connectivity index (χ4n) is 3.89. The summed E-state index contributed by atoms with van der Waals surface area (Å²) < 4.78 is 6.16. The van der Waals surface area contributed by atoms with Gasteiger partial charge in [-0.2, -0.15) is 0 Å². The van der Waals surface area contributed by atoms with Crippen molar-refractivity contribution in [1.29, 1.82) is 0 Å². The van der Waals surface area contributed by atoms with Crippen molar-refractivity contribution < 1.29 is 4.42 Å². The highest BCUT2D eigenvalue weighted by Gasteiger charge is 2.34. The Hall–Kier alpha value is -2.24. The number of hydrogen-bond donors (Lipinski definition) is 2. The Bertz CT molecular complexity index is 1120. The minimum Gasteiger partial charge on any atom is -0.437 e. The van der Waals surface area contributed by atoms with Gasteiger partial charge in [-0.1, -0.05) is 54.6 Å². The molecule has 0 radical (unpaired) electrons. The number of furan rings is 1. The Balaban J connectivity index is 0.00000107. The molecule has 5 rings (SSSR count). The third kappa shape index (κ3) is 4.01. The van der Waals surface area contributed by atoms with E-state index >= 15 is 0 Å². The molecule has 0 aliphatic heterocycles. The van der Waals surface area contributed by atoms with Crippen molar-refractivity contribution in [3.63, 3.8) is 0 Å². The van der Waals surface area contributed by atoms with Crippen molar-refractivity contribution in [3.8, 4) is 22.5 Å². The van der Waals surface area contributed by atoms with Crippen LogP contribution in [0.25, 0.3) is 33.6 Å². The van der Waals surface area contributed by atoms with Crippen LogP contribution in [-0.4, -0.2) is 4.98 Å². The first-order valence-electron chi connectivity index (χ1n) is 9.27. The largest absolute Gasteiger partial charge is 0.437 e. The highest BCUT2D eigenvalue weighted by molar-refractivity contribution is 6.01. The molecule has 1 aliphatic rings. The van der Waals surface area contributed by atoms with E-state index in [0.29, 0.717) is 11.4 Å². The third-order valence-electron chi connectivity index (χ3n) is 5.60. The molecule has 30 heavy (non-hydrogen) atoms. The van der Waals surface area contributed by atoms with E-state index in [2.05, 4.69) is 41.4 Å². The van der Waals surface area contributed by atoms with E-state index in [1.807, 2.05) is 24.3 Å². The maximum atomic E-state index is 6.46. The van der Waals surface area contributed by atoms with Gasteiger partial charge in [0.05, 0.1) is 17.3 Å². The van der Waals surface area contributed by atoms with Gasteiger partial charge in [-0.25, -0.2) is 4.98 Å². The van der Waals surface area contributed by atoms with Crippen molar-refractivity contribution in [1.82, 2.24) is 4.98 Å². The van der Waals surface area contributed by atoms with E-state index in [0.717, 1.165) is 40.7 Å². The first-order chi connectivity index (χ1) is 13.1. The molecular weight excluding hydrogens is 441 g/mol. The smallest absolute Gasteiger partial charge is 0.227 e. The Morgan fingerprint density at radius 3 is 2.13 bits per heavy atom. The van der Waals surface area contributed by atoms with Crippen molar-refractivity contribution in [2.75, 3.05) is 5.73 Å². The van der Waals surface area contributed by atoms with Crippen LogP contribution in [0.15, 0.2) is 71.3 Å². The maximum Gasteiger partial charge on any atom is 0.227 e. The zero-order valence-corrected chi connectivity index (χ0v) is 18.7. The van der Waals surface area contributed by atoms with Crippen LogP contribution in [0.3, 0.4) is 0 Å². The summed E-state index contributed by atoms with van der Waals surface area (Å²) in [7, 11) is 0. The van der Waals surface area contributed by atoms with E-state index in [4.69, 9.17) is 15.9 Å². The summed E-state index contributed by atoms with van der Waals surface area (Å²) >= 11 is 0. The molecule has 0 spiro atoms. The second-order valence-corrected chi connectivity index (χ2v) is 7.38. The molecule has 2 aromatic heterocycles. The Morgan fingerprint density at radius 1 is 0.867 bits per heavy atom. The molecule has 0 atom stereocenters. The summed E-state index contributed by atoms with van der Waals surface area (Å²) in [5, 5.41) is 0.926. The molecule has 4 aromatic rings. The molecule has 0 bridgehead atoms. The second kappa shape index (κ2) is 9.27. The summed E-state index contributed by atoms with van der Waals surface area (Å²) in [6.07, 6.45) is 4.93. The predicted molar refractivity (Wildman–Crippen MR) is 131 cm³/mol. The predicted octanol–water partition coefficient (Wildman–Crippen LogP) is 6.35. The Morgan fingerprint density at radius 2 is 1.53 bits per heavy atom. The fraction of sp³-hybridized carbons (Fsp3) is 0.174. The topological polar surface area (TPSA) is 78.1 Å². The van der Waals surface area contributed by atoms with Crippen LogP contribution in [0.2, 0.25) is 0 Å². The normalized spacial score (nSPS) is 14.0. The van der Waals surface area contributed by atoms with Crippen molar-refractivity contribution in [2.45, 2.75) is 24.8 Å². The number of nitrogens with two attached hydrogens (primary N) is 2. The van der Waals surface area contributed by atoms with E-state index in [1.165, 1.54) is 12.0 Å². The van der Waals surface area contributed by atoms with Crippen LogP contribution in [0.1, 0.15) is 24.8 Å². The Kier molecular flexibility index (Phi) is 7.43. The van der Waals surface area contributed by atoms with Crippen molar-refractivity contribution in [3.05, 3.63) is 72.4 Å². The highest BCUT2D eigenvalue weighted by atomic mass is 35.5. The van der Waals surface area contributed by atoms with Crippen LogP contribution in [0.4, 0.5) is 5.69 Å². The number of benzene rings is 2. The fourth-order valence-corrected chi connectivity index (χ4v) is 3.89. The van der Waals surface area contributed by atoms with Crippen molar-refractivity contribution in [2.24, 2.45) is 5.73 Å². The molecule has 4 nitrogen and oxygen atoms in total. The molecular formula is C23H24Cl3N3O. The lowest BCUT2D eigenvalue weighted by Crippen LogP contribution is -2.43. The molecule has 7 heteroatoms. The molecule has 1 saturated carbocycles. The summed E-state index contributed by atoms with van der Waals surface area (Å²) in [5.74, 6) is 0.806. The first-order valence-corrected chi connectivity index (χ1v) is 9.27. The lowest BCUT2D eigenvalue weighted by atomic mass is 9.72. The van der Waals surface area contributed by atoms with E-state index < -0.39 is 0 Å². The summed E-state index contributed by atoms with van der Waals surface area (Å²) in [6.45, 7) is 0. The van der Waals surface area contributed by atoms with Crippen LogP contribution in [-0.2, 0) is 5.54 Å². The molecule has 2 aromatic carbocycles. The van der Waals surface area contributed by atoms with Gasteiger partial charge >= 0.3 is 0 Å². The summed E-state index contributed by atoms with van der Waals surface area (Å²) in [4.78, 5) is 4.38. The first kappa shape index (κ1) is 24.0. The molecule has 1 fully saturated rings. The Labute approximate surface area is 194 Å². The van der Waals surface area contributed by atoms with Crippen LogP contribution >= 0.6 is 37.2 Å². The average molecular weight is 465 g/mol. The molecule has 0 saturated heterocycles. The standard InChI is InChI=1S/C23H21N3O.3ClH/c24-18-13-19-20(15-5-2-1-3-6-15)21(27-22(19)26-14-18)16-7-9-17(10-8-16)23(25)11-4-12-23;;;/h1-3,5-10,13-14H,4,11-12,24-25H2;3*1H. The SMILES string of the molecule is Cl.Cl.Cl.Nc1cnc2oc(-c3ccc(C4(N)CCC4)cc3)c(-c3ccccc3)c2c1. The van der Waals surface area contributed by atoms with E-state index in [9.17, 15) is 0 Å². The number of fused-ring (bicyclic) bond motifs is 1. The number of hydrogen-bond acceptors (Lipinski definition) is 4. The second-order valence-electron chi connectivity index (χ2n) is 7.38. The van der Waals surface area contributed by atoms with Gasteiger partial charge in [-0.3, -0.25) is 0 Å². The summed E-state index contributed by atoms with van der Waals surface area (Å²) in [6, 6.07) is 20.6. The monoisotopic (exact) mass is 463 g/mol.